The van der Waals surface area contributed by atoms with Gasteiger partial charge < -0.3 is 9.64 Å². The number of carbonyl (C=O) groups is 1. The van der Waals surface area contributed by atoms with Crippen molar-refractivity contribution in [3.8, 4) is 0 Å². The SMILES string of the molecule is Cc1cc(CN2CCN(C(=O)OC(C)(C)C)CC2)ccc1[N+](=O)[O-]. The van der Waals surface area contributed by atoms with Gasteiger partial charge in [-0.2, -0.15) is 0 Å². The quantitative estimate of drug-likeness (QED) is 0.627. The second-order valence-electron chi connectivity index (χ2n) is 7.12. The summed E-state index contributed by atoms with van der Waals surface area (Å²) >= 11 is 0. The van der Waals surface area contributed by atoms with Gasteiger partial charge in [-0.3, -0.25) is 15.0 Å². The van der Waals surface area contributed by atoms with E-state index in [0.717, 1.165) is 25.2 Å². The average molecular weight is 335 g/mol. The molecule has 0 atom stereocenters. The van der Waals surface area contributed by atoms with Gasteiger partial charge in [-0.05, 0) is 39.3 Å². The summed E-state index contributed by atoms with van der Waals surface area (Å²) < 4.78 is 5.39. The number of rotatable bonds is 3. The highest BCUT2D eigenvalue weighted by atomic mass is 16.6. The molecular weight excluding hydrogens is 310 g/mol. The third-order valence-electron chi connectivity index (χ3n) is 3.89. The van der Waals surface area contributed by atoms with Crippen LogP contribution in [-0.2, 0) is 11.3 Å². The van der Waals surface area contributed by atoms with Crippen molar-refractivity contribution in [2.24, 2.45) is 0 Å². The molecule has 0 saturated carbocycles. The van der Waals surface area contributed by atoms with Crippen LogP contribution in [0.25, 0.3) is 0 Å². The number of hydrogen-bond acceptors (Lipinski definition) is 5. The fourth-order valence-electron chi connectivity index (χ4n) is 2.69. The molecule has 0 radical (unpaired) electrons. The summed E-state index contributed by atoms with van der Waals surface area (Å²) in [6.45, 7) is 10.8. The van der Waals surface area contributed by atoms with Gasteiger partial charge in [0.05, 0.1) is 4.92 Å². The number of benzene rings is 1. The van der Waals surface area contributed by atoms with E-state index in [4.69, 9.17) is 4.74 Å². The van der Waals surface area contributed by atoms with Crippen LogP contribution in [0.3, 0.4) is 0 Å². The molecule has 0 aliphatic carbocycles. The zero-order chi connectivity index (χ0) is 17.9. The first-order valence-electron chi connectivity index (χ1n) is 8.10. The molecular formula is C17H25N3O4. The van der Waals surface area contributed by atoms with Crippen molar-refractivity contribution >= 4 is 11.8 Å². The molecule has 0 unspecified atom stereocenters. The van der Waals surface area contributed by atoms with Gasteiger partial charge >= 0.3 is 6.09 Å². The highest BCUT2D eigenvalue weighted by molar-refractivity contribution is 5.68. The van der Waals surface area contributed by atoms with Gasteiger partial charge in [0.2, 0.25) is 0 Å². The average Bonchev–Trinajstić information content (AvgIpc) is 2.45. The Hall–Kier alpha value is -2.15. The molecule has 7 nitrogen and oxygen atoms in total. The standard InChI is InChI=1S/C17H25N3O4/c1-13-11-14(5-6-15(13)20(22)23)12-18-7-9-19(10-8-18)16(21)24-17(2,3)4/h5-6,11H,7-10,12H2,1-4H3. The lowest BCUT2D eigenvalue weighted by molar-refractivity contribution is -0.385. The lowest BCUT2D eigenvalue weighted by Gasteiger charge is -2.35. The van der Waals surface area contributed by atoms with E-state index >= 15 is 0 Å². The molecule has 0 N–H and O–H groups in total. The molecule has 1 aliphatic rings. The Morgan fingerprint density at radius 2 is 1.88 bits per heavy atom. The van der Waals surface area contributed by atoms with E-state index in [1.807, 2.05) is 26.8 Å². The maximum absolute atomic E-state index is 12.0. The summed E-state index contributed by atoms with van der Waals surface area (Å²) in [5, 5.41) is 10.9. The number of nitro benzene ring substituents is 1. The van der Waals surface area contributed by atoms with Gasteiger partial charge in [-0.15, -0.1) is 0 Å². The molecule has 132 valence electrons. The number of aryl methyl sites for hydroxylation is 1. The Labute approximate surface area is 142 Å². The lowest BCUT2D eigenvalue weighted by atomic mass is 10.1. The first kappa shape index (κ1) is 18.2. The number of nitro groups is 1. The molecule has 0 spiro atoms. The minimum Gasteiger partial charge on any atom is -0.444 e. The monoisotopic (exact) mass is 335 g/mol. The van der Waals surface area contributed by atoms with Crippen LogP contribution in [0.2, 0.25) is 0 Å². The van der Waals surface area contributed by atoms with Crippen LogP contribution in [0.15, 0.2) is 18.2 Å². The lowest BCUT2D eigenvalue weighted by Crippen LogP contribution is -2.49. The van der Waals surface area contributed by atoms with Gasteiger partial charge in [0, 0.05) is 44.4 Å². The van der Waals surface area contributed by atoms with E-state index in [1.165, 1.54) is 0 Å². The molecule has 1 aromatic rings. The molecule has 0 aromatic heterocycles. The Kier molecular flexibility index (Phi) is 5.43. The van der Waals surface area contributed by atoms with E-state index in [-0.39, 0.29) is 16.7 Å². The third kappa shape index (κ3) is 4.92. The zero-order valence-electron chi connectivity index (χ0n) is 14.7. The van der Waals surface area contributed by atoms with Crippen LogP contribution >= 0.6 is 0 Å². The summed E-state index contributed by atoms with van der Waals surface area (Å²) in [6.07, 6.45) is -0.270. The van der Waals surface area contributed by atoms with Crippen molar-refractivity contribution in [3.05, 3.63) is 39.4 Å². The number of piperazine rings is 1. The summed E-state index contributed by atoms with van der Waals surface area (Å²) in [5.41, 5.74) is 1.38. The van der Waals surface area contributed by atoms with Crippen molar-refractivity contribution < 1.29 is 14.5 Å². The number of hydrogen-bond donors (Lipinski definition) is 0. The first-order chi connectivity index (χ1) is 11.2. The minimum absolute atomic E-state index is 0.147. The van der Waals surface area contributed by atoms with Crippen molar-refractivity contribution in [3.63, 3.8) is 0 Å². The molecule has 1 amide bonds. The van der Waals surface area contributed by atoms with E-state index in [0.29, 0.717) is 18.7 Å². The van der Waals surface area contributed by atoms with Crippen molar-refractivity contribution in [1.29, 1.82) is 0 Å². The second kappa shape index (κ2) is 7.17. The number of amides is 1. The van der Waals surface area contributed by atoms with Gasteiger partial charge in [-0.25, -0.2) is 4.79 Å². The molecule has 7 heteroatoms. The Balaban J connectivity index is 1.88. The van der Waals surface area contributed by atoms with Crippen molar-refractivity contribution in [2.45, 2.75) is 39.8 Å². The summed E-state index contributed by atoms with van der Waals surface area (Å²) in [5.74, 6) is 0. The van der Waals surface area contributed by atoms with E-state index in [9.17, 15) is 14.9 Å². The van der Waals surface area contributed by atoms with Crippen LogP contribution in [0.1, 0.15) is 31.9 Å². The third-order valence-corrected chi connectivity index (χ3v) is 3.89. The van der Waals surface area contributed by atoms with E-state index in [1.54, 1.807) is 24.0 Å². The van der Waals surface area contributed by atoms with Crippen LogP contribution in [0.5, 0.6) is 0 Å². The fraction of sp³-hybridized carbons (Fsp3) is 0.588. The Morgan fingerprint density at radius 1 is 1.25 bits per heavy atom. The van der Waals surface area contributed by atoms with Gasteiger partial charge in [-0.1, -0.05) is 6.07 Å². The summed E-state index contributed by atoms with van der Waals surface area (Å²) in [6, 6.07) is 5.21. The van der Waals surface area contributed by atoms with Crippen LogP contribution in [0, 0.1) is 17.0 Å². The van der Waals surface area contributed by atoms with Crippen molar-refractivity contribution in [2.75, 3.05) is 26.2 Å². The maximum atomic E-state index is 12.0. The zero-order valence-corrected chi connectivity index (χ0v) is 14.7. The van der Waals surface area contributed by atoms with Crippen LogP contribution < -0.4 is 0 Å². The predicted molar refractivity (Wildman–Crippen MR) is 90.9 cm³/mol. The number of nitrogens with zero attached hydrogens (tertiary/aromatic N) is 3. The van der Waals surface area contributed by atoms with Crippen LogP contribution in [-0.4, -0.2) is 52.6 Å². The Bertz CT molecular complexity index is 617. The number of carbonyl (C=O) groups excluding carboxylic acids is 1. The predicted octanol–water partition coefficient (Wildman–Crippen LogP) is 2.96. The van der Waals surface area contributed by atoms with E-state index < -0.39 is 5.60 Å². The first-order valence-corrected chi connectivity index (χ1v) is 8.10. The van der Waals surface area contributed by atoms with E-state index in [2.05, 4.69) is 4.90 Å². The van der Waals surface area contributed by atoms with Crippen molar-refractivity contribution in [1.82, 2.24) is 9.80 Å². The largest absolute Gasteiger partial charge is 0.444 e. The molecule has 1 aromatic carbocycles. The molecule has 1 heterocycles. The molecule has 1 aliphatic heterocycles. The van der Waals surface area contributed by atoms with Gasteiger partial charge in [0.15, 0.2) is 0 Å². The van der Waals surface area contributed by atoms with Gasteiger partial charge in [0.25, 0.3) is 5.69 Å². The summed E-state index contributed by atoms with van der Waals surface area (Å²) in [7, 11) is 0. The highest BCUT2D eigenvalue weighted by Gasteiger charge is 2.25. The number of ether oxygens (including phenoxy) is 1. The minimum atomic E-state index is -0.482. The van der Waals surface area contributed by atoms with Crippen LogP contribution in [0.4, 0.5) is 10.5 Å². The topological polar surface area (TPSA) is 75.9 Å². The van der Waals surface area contributed by atoms with Gasteiger partial charge in [0.1, 0.15) is 5.60 Å². The molecule has 24 heavy (non-hydrogen) atoms. The smallest absolute Gasteiger partial charge is 0.410 e. The summed E-state index contributed by atoms with van der Waals surface area (Å²) in [4.78, 5) is 26.5. The molecule has 1 saturated heterocycles. The Morgan fingerprint density at radius 3 is 2.38 bits per heavy atom. The maximum Gasteiger partial charge on any atom is 0.410 e. The normalized spacial score (nSPS) is 16.1. The molecule has 0 bridgehead atoms. The molecule has 1 fully saturated rings. The molecule has 2 rings (SSSR count). The highest BCUT2D eigenvalue weighted by Crippen LogP contribution is 2.20. The second-order valence-corrected chi connectivity index (χ2v) is 7.12. The fourth-order valence-corrected chi connectivity index (χ4v) is 2.69.